The van der Waals surface area contributed by atoms with E-state index < -0.39 is 0 Å². The third-order valence-corrected chi connectivity index (χ3v) is 3.35. The van der Waals surface area contributed by atoms with Crippen molar-refractivity contribution in [2.24, 2.45) is 5.73 Å². The summed E-state index contributed by atoms with van der Waals surface area (Å²) in [4.78, 5) is 0. The van der Waals surface area contributed by atoms with Gasteiger partial charge in [0.2, 0.25) is 0 Å². The van der Waals surface area contributed by atoms with E-state index in [1.165, 1.54) is 0 Å². The molecule has 0 spiro atoms. The van der Waals surface area contributed by atoms with Gasteiger partial charge in [-0.2, -0.15) is 0 Å². The van der Waals surface area contributed by atoms with Crippen molar-refractivity contribution in [3.63, 3.8) is 0 Å². The van der Waals surface area contributed by atoms with Crippen LogP contribution in [0.1, 0.15) is 5.56 Å². The minimum Gasteiger partial charge on any atom is -0.497 e. The molecule has 0 atom stereocenters. The highest BCUT2D eigenvalue weighted by atomic mass is 16.5. The largest absolute Gasteiger partial charge is 0.497 e. The van der Waals surface area contributed by atoms with Crippen molar-refractivity contribution in [1.29, 1.82) is 0 Å². The van der Waals surface area contributed by atoms with Crippen molar-refractivity contribution in [2.45, 2.75) is 6.42 Å². The first-order valence-electron chi connectivity index (χ1n) is 6.82. The summed E-state index contributed by atoms with van der Waals surface area (Å²) in [6.07, 6.45) is 0.789. The molecule has 0 fully saturated rings. The van der Waals surface area contributed by atoms with Crippen LogP contribution in [0.5, 0.6) is 17.2 Å². The lowest BCUT2D eigenvalue weighted by Crippen LogP contribution is -2.04. The molecule has 4 nitrogen and oxygen atoms in total. The van der Waals surface area contributed by atoms with Crippen LogP contribution in [0.2, 0.25) is 0 Å². The van der Waals surface area contributed by atoms with Gasteiger partial charge in [-0.3, -0.25) is 0 Å². The number of methoxy groups -OCH3 is 3. The Hall–Kier alpha value is -2.20. The predicted molar refractivity (Wildman–Crippen MR) is 84.3 cm³/mol. The summed E-state index contributed by atoms with van der Waals surface area (Å²) in [7, 11) is 4.94. The number of ether oxygens (including phenoxy) is 3. The van der Waals surface area contributed by atoms with Crippen LogP contribution in [-0.4, -0.2) is 27.9 Å². The molecule has 2 N–H and O–H groups in total. The van der Waals surface area contributed by atoms with Gasteiger partial charge in [0.15, 0.2) is 11.5 Å². The Morgan fingerprint density at radius 3 is 2.38 bits per heavy atom. The molecule has 0 saturated carbocycles. The lowest BCUT2D eigenvalue weighted by molar-refractivity contribution is 0.355. The fourth-order valence-electron chi connectivity index (χ4n) is 2.34. The Morgan fingerprint density at radius 1 is 0.952 bits per heavy atom. The second-order valence-corrected chi connectivity index (χ2v) is 4.65. The molecule has 0 heterocycles. The molecule has 0 aliphatic carbocycles. The Balaban J connectivity index is 2.60. The minimum absolute atomic E-state index is 0.590. The van der Waals surface area contributed by atoms with Gasteiger partial charge in [-0.1, -0.05) is 12.1 Å². The summed E-state index contributed by atoms with van der Waals surface area (Å²) in [6.45, 7) is 0.590. The van der Waals surface area contributed by atoms with Crippen molar-refractivity contribution >= 4 is 0 Å². The van der Waals surface area contributed by atoms with E-state index in [9.17, 15) is 0 Å². The number of rotatable bonds is 6. The maximum absolute atomic E-state index is 5.66. The van der Waals surface area contributed by atoms with Crippen LogP contribution in [0.4, 0.5) is 0 Å². The SMILES string of the molecule is COc1cccc(-c2cc(CCN)cc(OC)c2OC)c1. The molecular formula is C17H21NO3. The van der Waals surface area contributed by atoms with Crippen LogP contribution >= 0.6 is 0 Å². The average molecular weight is 287 g/mol. The first-order valence-corrected chi connectivity index (χ1v) is 6.82. The molecule has 0 bridgehead atoms. The number of hydrogen-bond donors (Lipinski definition) is 1. The van der Waals surface area contributed by atoms with Crippen molar-refractivity contribution < 1.29 is 14.2 Å². The molecule has 0 amide bonds. The Morgan fingerprint density at radius 2 is 1.76 bits per heavy atom. The normalized spacial score (nSPS) is 10.3. The van der Waals surface area contributed by atoms with Gasteiger partial charge in [0.05, 0.1) is 21.3 Å². The van der Waals surface area contributed by atoms with Gasteiger partial charge < -0.3 is 19.9 Å². The number of benzene rings is 2. The van der Waals surface area contributed by atoms with Crippen molar-refractivity contribution in [1.82, 2.24) is 0 Å². The molecule has 0 aliphatic heterocycles. The number of nitrogens with two attached hydrogens (primary N) is 1. The molecule has 2 aromatic rings. The van der Waals surface area contributed by atoms with E-state index in [0.29, 0.717) is 18.0 Å². The van der Waals surface area contributed by atoms with E-state index in [4.69, 9.17) is 19.9 Å². The van der Waals surface area contributed by atoms with E-state index in [1.54, 1.807) is 21.3 Å². The van der Waals surface area contributed by atoms with Crippen LogP contribution in [0.15, 0.2) is 36.4 Å². The van der Waals surface area contributed by atoms with Gasteiger partial charge in [0.25, 0.3) is 0 Å². The molecule has 2 aromatic carbocycles. The topological polar surface area (TPSA) is 53.7 Å². The van der Waals surface area contributed by atoms with Crippen LogP contribution in [-0.2, 0) is 6.42 Å². The van der Waals surface area contributed by atoms with Crippen molar-refractivity contribution in [3.8, 4) is 28.4 Å². The third-order valence-electron chi connectivity index (χ3n) is 3.35. The second kappa shape index (κ2) is 6.99. The molecule has 0 unspecified atom stereocenters. The lowest BCUT2D eigenvalue weighted by atomic mass is 9.99. The molecule has 4 heteroatoms. The van der Waals surface area contributed by atoms with E-state index in [1.807, 2.05) is 30.3 Å². The highest BCUT2D eigenvalue weighted by molar-refractivity contribution is 5.75. The van der Waals surface area contributed by atoms with Crippen LogP contribution in [0.25, 0.3) is 11.1 Å². The van der Waals surface area contributed by atoms with Gasteiger partial charge in [0.1, 0.15) is 5.75 Å². The summed E-state index contributed by atoms with van der Waals surface area (Å²) < 4.78 is 16.3. The molecule has 0 saturated heterocycles. The van der Waals surface area contributed by atoms with E-state index in [0.717, 1.165) is 28.9 Å². The molecule has 21 heavy (non-hydrogen) atoms. The summed E-state index contributed by atoms with van der Waals surface area (Å²) in [5.41, 5.74) is 8.77. The smallest absolute Gasteiger partial charge is 0.168 e. The predicted octanol–water partition coefficient (Wildman–Crippen LogP) is 2.88. The van der Waals surface area contributed by atoms with E-state index in [2.05, 4.69) is 6.07 Å². The van der Waals surface area contributed by atoms with Gasteiger partial charge in [0, 0.05) is 5.56 Å². The Kier molecular flexibility index (Phi) is 5.06. The lowest BCUT2D eigenvalue weighted by Gasteiger charge is -2.15. The highest BCUT2D eigenvalue weighted by Crippen LogP contribution is 2.40. The zero-order chi connectivity index (χ0) is 15.2. The van der Waals surface area contributed by atoms with Crippen LogP contribution in [0, 0.1) is 0 Å². The third kappa shape index (κ3) is 3.28. The first-order chi connectivity index (χ1) is 10.2. The zero-order valence-corrected chi connectivity index (χ0v) is 12.7. The van der Waals surface area contributed by atoms with Crippen LogP contribution < -0.4 is 19.9 Å². The molecule has 0 aromatic heterocycles. The minimum atomic E-state index is 0.590. The maximum Gasteiger partial charge on any atom is 0.168 e. The van der Waals surface area contributed by atoms with Crippen molar-refractivity contribution in [3.05, 3.63) is 42.0 Å². The van der Waals surface area contributed by atoms with Gasteiger partial charge in [-0.15, -0.1) is 0 Å². The van der Waals surface area contributed by atoms with Gasteiger partial charge >= 0.3 is 0 Å². The Labute approximate surface area is 125 Å². The summed E-state index contributed by atoms with van der Waals surface area (Å²) in [5, 5.41) is 0. The standard InChI is InChI=1S/C17H21NO3/c1-19-14-6-4-5-13(11-14)15-9-12(7-8-18)10-16(20-2)17(15)21-3/h4-6,9-11H,7-8,18H2,1-3H3. The van der Waals surface area contributed by atoms with Gasteiger partial charge in [-0.25, -0.2) is 0 Å². The fraction of sp³-hybridized carbons (Fsp3) is 0.294. The summed E-state index contributed by atoms with van der Waals surface area (Å²) in [6, 6.07) is 11.9. The Bertz CT molecular complexity index is 611. The second-order valence-electron chi connectivity index (χ2n) is 4.65. The van der Waals surface area contributed by atoms with E-state index >= 15 is 0 Å². The quantitative estimate of drug-likeness (QED) is 0.887. The zero-order valence-electron chi connectivity index (χ0n) is 12.7. The summed E-state index contributed by atoms with van der Waals surface area (Å²) in [5.74, 6) is 2.23. The maximum atomic E-state index is 5.66. The first kappa shape index (κ1) is 15.2. The molecule has 2 rings (SSSR count). The average Bonchev–Trinajstić information content (AvgIpc) is 2.54. The van der Waals surface area contributed by atoms with Gasteiger partial charge in [-0.05, 0) is 48.4 Å². The van der Waals surface area contributed by atoms with Crippen LogP contribution in [0.3, 0.4) is 0 Å². The highest BCUT2D eigenvalue weighted by Gasteiger charge is 2.14. The molecular weight excluding hydrogens is 266 g/mol. The molecule has 112 valence electrons. The molecule has 0 aliphatic rings. The number of hydrogen-bond acceptors (Lipinski definition) is 4. The molecule has 0 radical (unpaired) electrons. The van der Waals surface area contributed by atoms with E-state index in [-0.39, 0.29) is 0 Å². The monoisotopic (exact) mass is 287 g/mol. The summed E-state index contributed by atoms with van der Waals surface area (Å²) >= 11 is 0. The fourth-order valence-corrected chi connectivity index (χ4v) is 2.34. The van der Waals surface area contributed by atoms with Crippen molar-refractivity contribution in [2.75, 3.05) is 27.9 Å².